The third-order valence-electron chi connectivity index (χ3n) is 4.58. The van der Waals surface area contributed by atoms with Gasteiger partial charge in [-0.2, -0.15) is 0 Å². The molecule has 3 aromatic rings. The molecule has 0 spiro atoms. The highest BCUT2D eigenvalue weighted by Gasteiger charge is 2.31. The summed E-state index contributed by atoms with van der Waals surface area (Å²) in [6.45, 7) is 1.14. The van der Waals surface area contributed by atoms with Crippen molar-refractivity contribution in [1.29, 1.82) is 0 Å². The molecule has 5 nitrogen and oxygen atoms in total. The summed E-state index contributed by atoms with van der Waals surface area (Å²) in [6, 6.07) is 19.2. The number of benzene rings is 2. The third kappa shape index (κ3) is 3.97. The second kappa shape index (κ2) is 8.35. The fraction of sp³-hybridized carbons (Fsp3) is 0.227. The van der Waals surface area contributed by atoms with Crippen LogP contribution in [0, 0.1) is 0 Å². The van der Waals surface area contributed by atoms with Crippen LogP contribution in [-0.2, 0) is 17.9 Å². The van der Waals surface area contributed by atoms with E-state index in [-0.39, 0.29) is 12.5 Å². The minimum absolute atomic E-state index is 0.103. The maximum atomic E-state index is 13.3. The number of carbonyl (C=O) groups is 1. The molecule has 28 heavy (non-hydrogen) atoms. The quantitative estimate of drug-likeness (QED) is 0.630. The van der Waals surface area contributed by atoms with Crippen LogP contribution in [0.4, 0.5) is 0 Å². The van der Waals surface area contributed by atoms with E-state index >= 15 is 0 Å². The topological polar surface area (TPSA) is 48.0 Å². The van der Waals surface area contributed by atoms with Crippen LogP contribution in [0.2, 0.25) is 0 Å². The Morgan fingerprint density at radius 1 is 1.07 bits per heavy atom. The molecule has 6 heteroatoms. The van der Waals surface area contributed by atoms with E-state index in [1.807, 2.05) is 66.0 Å². The van der Waals surface area contributed by atoms with Gasteiger partial charge in [0.05, 0.1) is 13.7 Å². The second-order valence-electron chi connectivity index (χ2n) is 6.45. The summed E-state index contributed by atoms with van der Waals surface area (Å²) in [4.78, 5) is 16.2. The van der Waals surface area contributed by atoms with E-state index in [1.54, 1.807) is 23.3 Å². The van der Waals surface area contributed by atoms with Crippen molar-refractivity contribution in [3.8, 4) is 17.2 Å². The number of ether oxygens (including phenoxy) is 3. The van der Waals surface area contributed by atoms with Gasteiger partial charge >= 0.3 is 0 Å². The highest BCUT2D eigenvalue weighted by atomic mass is 32.1. The lowest BCUT2D eigenvalue weighted by atomic mass is 10.1. The first kappa shape index (κ1) is 18.4. The highest BCUT2D eigenvalue weighted by molar-refractivity contribution is 7.09. The normalized spacial score (nSPS) is 15.1. The molecule has 1 aliphatic heterocycles. The Kier molecular flexibility index (Phi) is 5.48. The number of methoxy groups -OCH3 is 1. The summed E-state index contributed by atoms with van der Waals surface area (Å²) in [6.07, 6.45) is -0.676. The molecule has 0 N–H and O–H groups in total. The van der Waals surface area contributed by atoms with Crippen molar-refractivity contribution in [3.63, 3.8) is 0 Å². The summed E-state index contributed by atoms with van der Waals surface area (Å²) in [7, 11) is 1.64. The third-order valence-corrected chi connectivity index (χ3v) is 5.44. The summed E-state index contributed by atoms with van der Waals surface area (Å²) < 4.78 is 17.1. The molecule has 1 atom stereocenters. The van der Waals surface area contributed by atoms with Gasteiger partial charge in [-0.1, -0.05) is 36.4 Å². The molecule has 4 rings (SSSR count). The van der Waals surface area contributed by atoms with Crippen LogP contribution in [0.15, 0.2) is 66.0 Å². The molecule has 0 saturated heterocycles. The van der Waals surface area contributed by atoms with Crippen LogP contribution in [0.1, 0.15) is 10.4 Å². The Labute approximate surface area is 168 Å². The lowest BCUT2D eigenvalue weighted by Crippen LogP contribution is -2.45. The summed E-state index contributed by atoms with van der Waals surface area (Å²) >= 11 is 1.63. The number of nitrogens with zero attached hydrogens (tertiary/aromatic N) is 1. The molecule has 0 radical (unpaired) electrons. The number of hydrogen-bond donors (Lipinski definition) is 0. The standard InChI is InChI=1S/C22H21NO4S/c1-25-18-9-3-2-7-16(18)13-23(14-17-8-6-12-28-17)22(24)21-15-26-19-10-4-5-11-20(19)27-21/h2-12,21H,13-15H2,1H3. The molecule has 1 amide bonds. The van der Waals surface area contributed by atoms with Gasteiger partial charge in [0.25, 0.3) is 5.91 Å². The predicted molar refractivity (Wildman–Crippen MR) is 108 cm³/mol. The number of amides is 1. The Morgan fingerprint density at radius 2 is 1.86 bits per heavy atom. The van der Waals surface area contributed by atoms with Crippen molar-refractivity contribution >= 4 is 17.2 Å². The molecule has 1 aromatic heterocycles. The minimum Gasteiger partial charge on any atom is -0.496 e. The van der Waals surface area contributed by atoms with Gasteiger partial charge in [0.2, 0.25) is 6.10 Å². The predicted octanol–water partition coefficient (Wildman–Crippen LogP) is 4.13. The maximum absolute atomic E-state index is 13.3. The fourth-order valence-corrected chi connectivity index (χ4v) is 3.91. The molecule has 1 unspecified atom stereocenters. The van der Waals surface area contributed by atoms with E-state index in [1.165, 1.54) is 0 Å². The van der Waals surface area contributed by atoms with Crippen LogP contribution in [0.25, 0.3) is 0 Å². The number of thiophene rings is 1. The number of fused-ring (bicyclic) bond motifs is 1. The molecule has 144 valence electrons. The van der Waals surface area contributed by atoms with Gasteiger partial charge in [0, 0.05) is 17.0 Å². The summed E-state index contributed by atoms with van der Waals surface area (Å²) in [5, 5.41) is 2.01. The van der Waals surface area contributed by atoms with E-state index < -0.39 is 6.10 Å². The Balaban J connectivity index is 1.57. The largest absolute Gasteiger partial charge is 0.496 e. The van der Waals surface area contributed by atoms with E-state index in [0.717, 1.165) is 16.2 Å². The minimum atomic E-state index is -0.676. The first-order valence-electron chi connectivity index (χ1n) is 9.06. The maximum Gasteiger partial charge on any atom is 0.267 e. The van der Waals surface area contributed by atoms with E-state index in [9.17, 15) is 4.79 Å². The van der Waals surface area contributed by atoms with Crippen molar-refractivity contribution < 1.29 is 19.0 Å². The lowest BCUT2D eigenvalue weighted by molar-refractivity contribution is -0.142. The van der Waals surface area contributed by atoms with E-state index in [2.05, 4.69) is 0 Å². The molecule has 0 fully saturated rings. The highest BCUT2D eigenvalue weighted by Crippen LogP contribution is 2.32. The Hall–Kier alpha value is -2.99. The van der Waals surface area contributed by atoms with Gasteiger partial charge in [-0.25, -0.2) is 0 Å². The van der Waals surface area contributed by atoms with Crippen LogP contribution < -0.4 is 14.2 Å². The number of para-hydroxylation sites is 3. The molecule has 0 aliphatic carbocycles. The summed E-state index contributed by atoms with van der Waals surface area (Å²) in [5.41, 5.74) is 0.951. The van der Waals surface area contributed by atoms with Crippen LogP contribution in [-0.4, -0.2) is 30.6 Å². The number of rotatable bonds is 6. The average Bonchev–Trinajstić information content (AvgIpc) is 3.26. The van der Waals surface area contributed by atoms with Gasteiger partial charge in [-0.05, 0) is 29.6 Å². The van der Waals surface area contributed by atoms with Crippen molar-refractivity contribution in [2.24, 2.45) is 0 Å². The zero-order chi connectivity index (χ0) is 19.3. The smallest absolute Gasteiger partial charge is 0.267 e. The van der Waals surface area contributed by atoms with Crippen LogP contribution in [0.5, 0.6) is 17.2 Å². The number of carbonyl (C=O) groups excluding carboxylic acids is 1. The number of hydrogen-bond acceptors (Lipinski definition) is 5. The lowest BCUT2D eigenvalue weighted by Gasteiger charge is -2.31. The fourth-order valence-electron chi connectivity index (χ4n) is 3.19. The first-order valence-corrected chi connectivity index (χ1v) is 9.94. The van der Waals surface area contributed by atoms with Crippen molar-refractivity contribution in [3.05, 3.63) is 76.5 Å². The second-order valence-corrected chi connectivity index (χ2v) is 7.48. The van der Waals surface area contributed by atoms with Gasteiger partial charge in [0.1, 0.15) is 12.4 Å². The van der Waals surface area contributed by atoms with Crippen molar-refractivity contribution in [2.75, 3.05) is 13.7 Å². The SMILES string of the molecule is COc1ccccc1CN(Cc1cccs1)C(=O)C1COc2ccccc2O1. The summed E-state index contributed by atoms with van der Waals surface area (Å²) in [5.74, 6) is 1.92. The average molecular weight is 395 g/mol. The molecular weight excluding hydrogens is 374 g/mol. The Morgan fingerprint density at radius 3 is 2.64 bits per heavy atom. The Bertz CT molecular complexity index is 941. The zero-order valence-electron chi connectivity index (χ0n) is 15.5. The van der Waals surface area contributed by atoms with Gasteiger partial charge in [0.15, 0.2) is 11.5 Å². The van der Waals surface area contributed by atoms with E-state index in [4.69, 9.17) is 14.2 Å². The molecule has 1 aliphatic rings. The molecular formula is C22H21NO4S. The first-order chi connectivity index (χ1) is 13.7. The van der Waals surface area contributed by atoms with E-state index in [0.29, 0.717) is 24.6 Å². The van der Waals surface area contributed by atoms with Crippen LogP contribution in [0.3, 0.4) is 0 Å². The monoisotopic (exact) mass is 395 g/mol. The molecule has 2 aromatic carbocycles. The van der Waals surface area contributed by atoms with Crippen molar-refractivity contribution in [1.82, 2.24) is 4.90 Å². The van der Waals surface area contributed by atoms with Gasteiger partial charge < -0.3 is 19.1 Å². The van der Waals surface area contributed by atoms with Crippen molar-refractivity contribution in [2.45, 2.75) is 19.2 Å². The van der Waals surface area contributed by atoms with Gasteiger partial charge in [-0.15, -0.1) is 11.3 Å². The molecule has 0 saturated carbocycles. The molecule has 0 bridgehead atoms. The molecule has 2 heterocycles. The van der Waals surface area contributed by atoms with Gasteiger partial charge in [-0.3, -0.25) is 4.79 Å². The van der Waals surface area contributed by atoms with Crippen LogP contribution >= 0.6 is 11.3 Å². The zero-order valence-corrected chi connectivity index (χ0v) is 16.4.